The summed E-state index contributed by atoms with van der Waals surface area (Å²) >= 11 is 0. The molecule has 7 heteroatoms. The predicted octanol–water partition coefficient (Wildman–Crippen LogP) is 4.35. The maximum Gasteiger partial charge on any atom is 0.411 e. The van der Waals surface area contributed by atoms with Crippen LogP contribution in [0.15, 0.2) is 60.7 Å². The molecule has 2 aliphatic rings. The van der Waals surface area contributed by atoms with Crippen LogP contribution in [0.5, 0.6) is 0 Å². The fourth-order valence-electron chi connectivity index (χ4n) is 4.52. The number of carbonyl (C=O) groups is 2. The van der Waals surface area contributed by atoms with E-state index in [1.165, 1.54) is 6.92 Å². The van der Waals surface area contributed by atoms with Gasteiger partial charge < -0.3 is 18.9 Å². The summed E-state index contributed by atoms with van der Waals surface area (Å²) in [5.41, 5.74) is 1.85. The van der Waals surface area contributed by atoms with E-state index in [1.807, 2.05) is 67.6 Å². The third-order valence-electron chi connectivity index (χ3n) is 5.74. The van der Waals surface area contributed by atoms with Gasteiger partial charge in [-0.25, -0.2) is 4.79 Å². The van der Waals surface area contributed by atoms with Crippen molar-refractivity contribution in [2.45, 2.75) is 57.5 Å². The molecule has 0 radical (unpaired) electrons. The van der Waals surface area contributed by atoms with Crippen molar-refractivity contribution in [1.29, 1.82) is 0 Å². The summed E-state index contributed by atoms with van der Waals surface area (Å²) in [7, 11) is 0. The van der Waals surface area contributed by atoms with Crippen LogP contribution in [0.2, 0.25) is 0 Å². The predicted molar refractivity (Wildman–Crippen MR) is 112 cm³/mol. The van der Waals surface area contributed by atoms with Gasteiger partial charge in [-0.05, 0) is 25.0 Å². The lowest BCUT2D eigenvalue weighted by Gasteiger charge is -2.37. The summed E-state index contributed by atoms with van der Waals surface area (Å²) in [6.07, 6.45) is -1.46. The van der Waals surface area contributed by atoms with E-state index < -0.39 is 36.3 Å². The van der Waals surface area contributed by atoms with Crippen molar-refractivity contribution in [2.24, 2.45) is 0 Å². The molecule has 164 valence electrons. The number of ether oxygens (including phenoxy) is 4. The van der Waals surface area contributed by atoms with Crippen LogP contribution in [0, 0.1) is 0 Å². The highest BCUT2D eigenvalue weighted by Crippen LogP contribution is 2.49. The molecule has 1 amide bonds. The minimum atomic E-state index is -1.15. The number of carbonyl (C=O) groups excluding carboxylic acids is 2. The van der Waals surface area contributed by atoms with Crippen LogP contribution >= 0.6 is 0 Å². The first-order chi connectivity index (χ1) is 14.9. The molecule has 0 spiro atoms. The van der Waals surface area contributed by atoms with Crippen molar-refractivity contribution in [3.63, 3.8) is 0 Å². The van der Waals surface area contributed by atoms with Gasteiger partial charge in [0.25, 0.3) is 0 Å². The topological polar surface area (TPSA) is 74.3 Å². The fourth-order valence-corrected chi connectivity index (χ4v) is 4.52. The monoisotopic (exact) mass is 425 g/mol. The van der Waals surface area contributed by atoms with E-state index in [2.05, 4.69) is 0 Å². The van der Waals surface area contributed by atoms with Crippen LogP contribution in [0.25, 0.3) is 0 Å². The molecule has 5 atom stereocenters. The largest absolute Gasteiger partial charge is 0.439 e. The van der Waals surface area contributed by atoms with E-state index in [9.17, 15) is 9.59 Å². The number of hydrogen-bond acceptors (Lipinski definition) is 6. The van der Waals surface area contributed by atoms with E-state index in [-0.39, 0.29) is 12.5 Å². The van der Waals surface area contributed by atoms with Crippen molar-refractivity contribution in [1.82, 2.24) is 4.90 Å². The van der Waals surface area contributed by atoms with Crippen molar-refractivity contribution in [3.05, 3.63) is 71.8 Å². The summed E-state index contributed by atoms with van der Waals surface area (Å²) in [5.74, 6) is -1.60. The molecule has 0 aromatic heterocycles. The molecule has 31 heavy (non-hydrogen) atoms. The van der Waals surface area contributed by atoms with Crippen molar-refractivity contribution in [2.75, 3.05) is 6.61 Å². The molecule has 2 aromatic carbocycles. The lowest BCUT2D eigenvalue weighted by atomic mass is 9.93. The van der Waals surface area contributed by atoms with E-state index >= 15 is 0 Å². The summed E-state index contributed by atoms with van der Waals surface area (Å²) < 4.78 is 23.1. The summed E-state index contributed by atoms with van der Waals surface area (Å²) in [5, 5.41) is 0. The second-order valence-corrected chi connectivity index (χ2v) is 7.84. The van der Waals surface area contributed by atoms with Crippen LogP contribution in [0.4, 0.5) is 4.79 Å². The standard InChI is InChI=1S/C24H27NO6/c1-4-28-24(3)19(15-20(31-24)29-16(2)26)25-21(17-11-7-5-8-12-17)22(30-23(25)27)18-13-9-6-10-14-18/h5-14,19-22H,4,15H2,1-3H3/t19-,20?,21-,22+,24-/m1/s1. The number of nitrogens with zero attached hydrogens (tertiary/aromatic N) is 1. The summed E-state index contributed by atoms with van der Waals surface area (Å²) in [6.45, 7) is 5.34. The zero-order valence-electron chi connectivity index (χ0n) is 17.9. The summed E-state index contributed by atoms with van der Waals surface area (Å²) in [6, 6.07) is 18.5. The third-order valence-corrected chi connectivity index (χ3v) is 5.74. The van der Waals surface area contributed by atoms with E-state index in [0.29, 0.717) is 6.61 Å². The van der Waals surface area contributed by atoms with Gasteiger partial charge in [-0.15, -0.1) is 0 Å². The highest BCUT2D eigenvalue weighted by molar-refractivity contribution is 5.72. The highest BCUT2D eigenvalue weighted by atomic mass is 16.8. The third kappa shape index (κ3) is 4.16. The molecular weight excluding hydrogens is 398 g/mol. The quantitative estimate of drug-likeness (QED) is 0.641. The summed E-state index contributed by atoms with van der Waals surface area (Å²) in [4.78, 5) is 26.5. The normalized spacial score (nSPS) is 30.3. The lowest BCUT2D eigenvalue weighted by molar-refractivity contribution is -0.266. The number of benzene rings is 2. The maximum absolute atomic E-state index is 13.2. The molecule has 2 aromatic rings. The zero-order valence-corrected chi connectivity index (χ0v) is 17.9. The van der Waals surface area contributed by atoms with Gasteiger partial charge in [-0.3, -0.25) is 9.69 Å². The molecule has 0 bridgehead atoms. The fraction of sp³-hybridized carbons (Fsp3) is 0.417. The van der Waals surface area contributed by atoms with Gasteiger partial charge >= 0.3 is 12.1 Å². The molecule has 4 rings (SSSR count). The number of hydrogen-bond donors (Lipinski definition) is 0. The second-order valence-electron chi connectivity index (χ2n) is 7.84. The number of amides is 1. The Bertz CT molecular complexity index is 920. The average Bonchev–Trinajstić information content (AvgIpc) is 3.25. The number of cyclic esters (lactones) is 1. The minimum absolute atomic E-state index is 0.288. The zero-order chi connectivity index (χ0) is 22.0. The lowest BCUT2D eigenvalue weighted by Crippen LogP contribution is -2.51. The van der Waals surface area contributed by atoms with Gasteiger partial charge in [0.05, 0.1) is 6.04 Å². The first kappa shape index (κ1) is 21.3. The van der Waals surface area contributed by atoms with Gasteiger partial charge in [-0.2, -0.15) is 0 Å². The molecule has 2 saturated heterocycles. The van der Waals surface area contributed by atoms with Gasteiger partial charge in [-0.1, -0.05) is 60.7 Å². The maximum atomic E-state index is 13.2. The number of esters is 1. The van der Waals surface area contributed by atoms with E-state index in [0.717, 1.165) is 11.1 Å². The number of rotatable bonds is 6. The second kappa shape index (κ2) is 8.69. The minimum Gasteiger partial charge on any atom is -0.439 e. The Labute approximate surface area is 181 Å². The van der Waals surface area contributed by atoms with E-state index in [4.69, 9.17) is 18.9 Å². The van der Waals surface area contributed by atoms with E-state index in [1.54, 1.807) is 11.8 Å². The highest BCUT2D eigenvalue weighted by Gasteiger charge is 2.57. The molecule has 0 saturated carbocycles. The SMILES string of the molecule is CCO[C@]1(C)OC(OC(C)=O)C[C@H]1N1C(=O)O[C@@H](c2ccccc2)[C@H]1c1ccccc1. The van der Waals surface area contributed by atoms with Gasteiger partial charge in [0.15, 0.2) is 11.9 Å². The Balaban J connectivity index is 1.75. The van der Waals surface area contributed by atoms with Crippen molar-refractivity contribution in [3.8, 4) is 0 Å². The molecule has 1 unspecified atom stereocenters. The Morgan fingerprint density at radius 3 is 2.29 bits per heavy atom. The van der Waals surface area contributed by atoms with Gasteiger partial charge in [0.1, 0.15) is 6.04 Å². The Morgan fingerprint density at radius 2 is 1.71 bits per heavy atom. The Morgan fingerprint density at radius 1 is 1.10 bits per heavy atom. The molecule has 0 N–H and O–H groups in total. The van der Waals surface area contributed by atoms with Gasteiger partial charge in [0.2, 0.25) is 6.29 Å². The molecule has 2 heterocycles. The van der Waals surface area contributed by atoms with Crippen LogP contribution in [-0.4, -0.2) is 41.7 Å². The Kier molecular flexibility index (Phi) is 5.98. The molecule has 2 fully saturated rings. The molecular formula is C24H27NO6. The average molecular weight is 425 g/mol. The van der Waals surface area contributed by atoms with Crippen molar-refractivity contribution >= 4 is 12.1 Å². The van der Waals surface area contributed by atoms with Crippen LogP contribution in [0.1, 0.15) is 50.5 Å². The Hall–Kier alpha value is -2.90. The van der Waals surface area contributed by atoms with Crippen molar-refractivity contribution < 1.29 is 28.5 Å². The first-order valence-electron chi connectivity index (χ1n) is 10.5. The molecule has 0 aliphatic carbocycles. The first-order valence-corrected chi connectivity index (χ1v) is 10.5. The smallest absolute Gasteiger partial charge is 0.411 e. The van der Waals surface area contributed by atoms with Crippen LogP contribution in [-0.2, 0) is 23.7 Å². The van der Waals surface area contributed by atoms with Crippen LogP contribution < -0.4 is 0 Å². The van der Waals surface area contributed by atoms with Gasteiger partial charge in [0, 0.05) is 20.0 Å². The van der Waals surface area contributed by atoms with Crippen LogP contribution in [0.3, 0.4) is 0 Å². The molecule has 2 aliphatic heterocycles. The molecule has 7 nitrogen and oxygen atoms in total.